The summed E-state index contributed by atoms with van der Waals surface area (Å²) in [4.78, 5) is -0.0266. The summed E-state index contributed by atoms with van der Waals surface area (Å²) < 4.78 is 50.9. The van der Waals surface area contributed by atoms with E-state index in [-0.39, 0.29) is 27.1 Å². The van der Waals surface area contributed by atoms with Crippen LogP contribution in [0.1, 0.15) is 11.3 Å². The lowest BCUT2D eigenvalue weighted by molar-refractivity contribution is -0.137. The molecule has 1 unspecified atom stereocenters. The molecule has 0 spiro atoms. The van der Waals surface area contributed by atoms with Crippen molar-refractivity contribution in [2.24, 2.45) is 10.9 Å². The maximum atomic E-state index is 12.7. The minimum Gasteiger partial charge on any atom is -0.409 e. The van der Waals surface area contributed by atoms with Crippen LogP contribution in [-0.2, 0) is 17.0 Å². The Morgan fingerprint density at radius 1 is 1.46 bits per heavy atom. The van der Waals surface area contributed by atoms with Crippen molar-refractivity contribution in [1.82, 2.24) is 9.78 Å². The second-order valence-electron chi connectivity index (χ2n) is 4.58. The minimum atomic E-state index is -4.56. The maximum Gasteiger partial charge on any atom is 0.416 e. The standard InChI is InChI=1S/C12H11ClF3N5O2S/c1-24(23)9-8(10(17)20-22)19-21(11(9)18)7-3-2-5(4-6(7)13)12(14,15)16/h2-4,22H,18H2,1H3,(H2,17,20). The summed E-state index contributed by atoms with van der Waals surface area (Å²) in [6, 6.07) is 2.57. The highest BCUT2D eigenvalue weighted by molar-refractivity contribution is 7.84. The van der Waals surface area contributed by atoms with Crippen LogP contribution in [0.3, 0.4) is 0 Å². The number of hydrogen-bond acceptors (Lipinski definition) is 5. The van der Waals surface area contributed by atoms with Gasteiger partial charge in [-0.05, 0) is 18.2 Å². The van der Waals surface area contributed by atoms with E-state index in [1.54, 1.807) is 0 Å². The van der Waals surface area contributed by atoms with Crippen LogP contribution in [0, 0.1) is 0 Å². The van der Waals surface area contributed by atoms with E-state index in [4.69, 9.17) is 28.3 Å². The topological polar surface area (TPSA) is 120 Å². The molecule has 0 fully saturated rings. The van der Waals surface area contributed by atoms with Gasteiger partial charge >= 0.3 is 6.18 Å². The monoisotopic (exact) mass is 381 g/mol. The number of benzene rings is 1. The lowest BCUT2D eigenvalue weighted by Gasteiger charge is -2.11. The average Bonchev–Trinajstić information content (AvgIpc) is 2.83. The van der Waals surface area contributed by atoms with Crippen LogP contribution < -0.4 is 11.5 Å². The van der Waals surface area contributed by atoms with E-state index in [0.717, 1.165) is 16.8 Å². The van der Waals surface area contributed by atoms with E-state index in [1.807, 2.05) is 0 Å². The summed E-state index contributed by atoms with van der Waals surface area (Å²) in [6.45, 7) is 0. The van der Waals surface area contributed by atoms with Crippen LogP contribution in [0.5, 0.6) is 0 Å². The maximum absolute atomic E-state index is 12.7. The van der Waals surface area contributed by atoms with E-state index in [9.17, 15) is 17.4 Å². The van der Waals surface area contributed by atoms with Crippen LogP contribution in [0.2, 0.25) is 5.02 Å². The lowest BCUT2D eigenvalue weighted by Crippen LogP contribution is -2.16. The molecule has 0 amide bonds. The fourth-order valence-electron chi connectivity index (χ4n) is 1.95. The number of hydrogen-bond donors (Lipinski definition) is 3. The number of rotatable bonds is 3. The molecule has 0 aliphatic carbocycles. The zero-order chi connectivity index (χ0) is 18.2. The fourth-order valence-corrected chi connectivity index (χ4v) is 3.01. The molecule has 1 heterocycles. The summed E-state index contributed by atoms with van der Waals surface area (Å²) >= 11 is 5.89. The second kappa shape index (κ2) is 6.32. The van der Waals surface area contributed by atoms with Gasteiger partial charge in [-0.3, -0.25) is 4.21 Å². The number of anilines is 1. The Labute approximate surface area is 141 Å². The van der Waals surface area contributed by atoms with Crippen molar-refractivity contribution < 1.29 is 22.6 Å². The molecule has 0 aliphatic rings. The van der Waals surface area contributed by atoms with Crippen LogP contribution in [0.25, 0.3) is 5.69 Å². The highest BCUT2D eigenvalue weighted by Crippen LogP contribution is 2.34. The third kappa shape index (κ3) is 3.17. The number of halogens is 4. The molecule has 24 heavy (non-hydrogen) atoms. The molecule has 0 aliphatic heterocycles. The Bertz CT molecular complexity index is 850. The second-order valence-corrected chi connectivity index (χ2v) is 6.30. The Morgan fingerprint density at radius 3 is 2.54 bits per heavy atom. The third-order valence-corrected chi connectivity index (χ3v) is 4.30. The van der Waals surface area contributed by atoms with Gasteiger partial charge in [0.2, 0.25) is 0 Å². The normalized spacial score (nSPS) is 14.0. The van der Waals surface area contributed by atoms with Crippen LogP contribution in [-0.4, -0.2) is 31.3 Å². The highest BCUT2D eigenvalue weighted by atomic mass is 35.5. The van der Waals surface area contributed by atoms with E-state index in [2.05, 4.69) is 10.3 Å². The number of aromatic nitrogens is 2. The van der Waals surface area contributed by atoms with E-state index in [0.29, 0.717) is 6.07 Å². The molecule has 1 aromatic carbocycles. The number of alkyl halides is 3. The third-order valence-electron chi connectivity index (χ3n) is 3.02. The van der Waals surface area contributed by atoms with Crippen molar-refractivity contribution in [2.75, 3.05) is 12.0 Å². The van der Waals surface area contributed by atoms with Gasteiger partial charge in [-0.25, -0.2) is 4.68 Å². The molecule has 130 valence electrons. The molecule has 0 bridgehead atoms. The van der Waals surface area contributed by atoms with E-state index >= 15 is 0 Å². The quantitative estimate of drug-likeness (QED) is 0.325. The molecule has 0 radical (unpaired) electrons. The predicted octanol–water partition coefficient (Wildman–Crippen LogP) is 1.96. The molecule has 2 aromatic rings. The molecule has 1 aromatic heterocycles. The van der Waals surface area contributed by atoms with Crippen LogP contribution >= 0.6 is 11.6 Å². The first-order valence-corrected chi connectivity index (χ1v) is 8.08. The molecular formula is C12H11ClF3N5O2S. The van der Waals surface area contributed by atoms with E-state index in [1.165, 1.54) is 6.26 Å². The molecule has 5 N–H and O–H groups in total. The van der Waals surface area contributed by atoms with Gasteiger partial charge in [-0.2, -0.15) is 18.3 Å². The van der Waals surface area contributed by atoms with Gasteiger partial charge in [-0.1, -0.05) is 16.8 Å². The average molecular weight is 382 g/mol. The molecular weight excluding hydrogens is 371 g/mol. The van der Waals surface area contributed by atoms with Gasteiger partial charge in [0.15, 0.2) is 5.84 Å². The number of nitrogen functional groups attached to an aromatic ring is 1. The van der Waals surface area contributed by atoms with Gasteiger partial charge < -0.3 is 16.7 Å². The van der Waals surface area contributed by atoms with Crippen molar-refractivity contribution in [3.8, 4) is 5.69 Å². The van der Waals surface area contributed by atoms with Crippen molar-refractivity contribution in [3.63, 3.8) is 0 Å². The Balaban J connectivity index is 2.68. The molecule has 1 atom stereocenters. The summed E-state index contributed by atoms with van der Waals surface area (Å²) in [5.41, 5.74) is 10.2. The van der Waals surface area contributed by atoms with Crippen LogP contribution in [0.4, 0.5) is 19.0 Å². The van der Waals surface area contributed by atoms with Crippen molar-refractivity contribution >= 4 is 34.1 Å². The Kier molecular flexibility index (Phi) is 4.76. The number of nitrogens with two attached hydrogens (primary N) is 2. The highest BCUT2D eigenvalue weighted by Gasteiger charge is 2.31. The number of amidine groups is 1. The summed E-state index contributed by atoms with van der Waals surface area (Å²) in [6.07, 6.45) is -3.27. The molecule has 0 saturated carbocycles. The number of oxime groups is 1. The molecule has 2 rings (SSSR count). The van der Waals surface area contributed by atoms with Gasteiger partial charge in [0, 0.05) is 6.26 Å². The van der Waals surface area contributed by atoms with E-state index < -0.39 is 28.4 Å². The SMILES string of the molecule is CS(=O)c1c(/C(N)=N\O)nn(-c2ccc(C(F)(F)F)cc2Cl)c1N. The minimum absolute atomic E-state index is 0.0193. The van der Waals surface area contributed by atoms with Gasteiger partial charge in [0.25, 0.3) is 0 Å². The predicted molar refractivity (Wildman–Crippen MR) is 82.8 cm³/mol. The van der Waals surface area contributed by atoms with Gasteiger partial charge in [0.05, 0.1) is 27.1 Å². The largest absolute Gasteiger partial charge is 0.416 e. The first kappa shape index (κ1) is 18.1. The van der Waals surface area contributed by atoms with Gasteiger partial charge in [-0.15, -0.1) is 0 Å². The van der Waals surface area contributed by atoms with Crippen molar-refractivity contribution in [3.05, 3.63) is 34.5 Å². The lowest BCUT2D eigenvalue weighted by atomic mass is 10.2. The first-order valence-electron chi connectivity index (χ1n) is 6.14. The summed E-state index contributed by atoms with van der Waals surface area (Å²) in [5, 5.41) is 15.2. The smallest absolute Gasteiger partial charge is 0.409 e. The zero-order valence-electron chi connectivity index (χ0n) is 12.0. The van der Waals surface area contributed by atoms with Gasteiger partial charge in [0.1, 0.15) is 16.4 Å². The summed E-state index contributed by atoms with van der Waals surface area (Å²) in [7, 11) is -1.66. The Morgan fingerprint density at radius 2 is 2.08 bits per heavy atom. The van der Waals surface area contributed by atoms with Crippen molar-refractivity contribution in [1.29, 1.82) is 0 Å². The fraction of sp³-hybridized carbons (Fsp3) is 0.167. The molecule has 7 nitrogen and oxygen atoms in total. The summed E-state index contributed by atoms with van der Waals surface area (Å²) in [5.74, 6) is -0.604. The first-order chi connectivity index (χ1) is 11.1. The van der Waals surface area contributed by atoms with Crippen molar-refractivity contribution in [2.45, 2.75) is 11.1 Å². The molecule has 12 heteroatoms. The zero-order valence-corrected chi connectivity index (χ0v) is 13.6. The Hall–Kier alpha value is -2.27. The number of nitrogens with zero attached hydrogens (tertiary/aromatic N) is 3. The van der Waals surface area contributed by atoms with Crippen LogP contribution in [0.15, 0.2) is 28.3 Å². The molecule has 0 saturated heterocycles.